The predicted molar refractivity (Wildman–Crippen MR) is 41.1 cm³/mol. The van der Waals surface area contributed by atoms with E-state index < -0.39 is 16.4 Å². The van der Waals surface area contributed by atoms with Gasteiger partial charge in [-0.05, 0) is 0 Å². The van der Waals surface area contributed by atoms with Crippen molar-refractivity contribution in [1.82, 2.24) is 6.15 Å². The quantitative estimate of drug-likeness (QED) is 0.299. The summed E-state index contributed by atoms with van der Waals surface area (Å²) in [7, 11) is -4.67. The second kappa shape index (κ2) is 10.2. The van der Waals surface area contributed by atoms with E-state index in [1.165, 1.54) is 0 Å². The Morgan fingerprint density at radius 3 is 1.27 bits per heavy atom. The molecular formula is C2H11NO6PbS. The third kappa shape index (κ3) is 14000. The Hall–Kier alpha value is 0.222. The molecule has 0 spiro atoms. The first-order valence-electron chi connectivity index (χ1n) is 1.63. The van der Waals surface area contributed by atoms with E-state index in [2.05, 4.69) is 0 Å². The van der Waals surface area contributed by atoms with Gasteiger partial charge in [-0.3, -0.25) is 13.9 Å². The van der Waals surface area contributed by atoms with Crippen LogP contribution in [0.1, 0.15) is 6.92 Å². The van der Waals surface area contributed by atoms with E-state index in [0.717, 1.165) is 6.92 Å². The summed E-state index contributed by atoms with van der Waals surface area (Å²) in [5.41, 5.74) is 0. The average Bonchev–Trinajstić information content (AvgIpc) is 1.19. The molecule has 0 fully saturated rings. The van der Waals surface area contributed by atoms with Crippen LogP contribution < -0.4 is 6.15 Å². The van der Waals surface area contributed by atoms with Crippen LogP contribution in [0.3, 0.4) is 0 Å². The normalized spacial score (nSPS) is 7.55. The van der Waals surface area contributed by atoms with Gasteiger partial charge in [0.1, 0.15) is 0 Å². The summed E-state index contributed by atoms with van der Waals surface area (Å²) in [5.74, 6) is -0.833. The first-order chi connectivity index (χ1) is 3.73. The first-order valence-corrected chi connectivity index (χ1v) is 3.02. The number of carboxylic acid groups (broad SMARTS) is 1. The fraction of sp³-hybridized carbons (Fsp3) is 0.500. The van der Waals surface area contributed by atoms with Crippen LogP contribution in [0.15, 0.2) is 0 Å². The summed E-state index contributed by atoms with van der Waals surface area (Å²) < 4.78 is 31.6. The maximum absolute atomic E-state index is 9.00. The summed E-state index contributed by atoms with van der Waals surface area (Å²) >= 11 is 0. The third-order valence-corrected chi connectivity index (χ3v) is 0. The molecule has 2 radical (unpaired) electrons. The van der Waals surface area contributed by atoms with Gasteiger partial charge in [-0.1, -0.05) is 0 Å². The molecule has 0 saturated heterocycles. The molecule has 0 rings (SSSR count). The monoisotopic (exact) mass is 385 g/mol. The number of carbonyl (C=O) groups is 1. The third-order valence-electron chi connectivity index (χ3n) is 0. The van der Waals surface area contributed by atoms with Crippen molar-refractivity contribution in [2.24, 2.45) is 0 Å². The first kappa shape index (κ1) is 22.5. The van der Waals surface area contributed by atoms with Crippen molar-refractivity contribution in [3.63, 3.8) is 0 Å². The molecule has 0 aliphatic rings. The Kier molecular flexibility index (Phi) is 20.9. The molecule has 0 unspecified atom stereocenters. The van der Waals surface area contributed by atoms with Crippen molar-refractivity contribution in [2.45, 2.75) is 6.92 Å². The molecule has 9 heteroatoms. The van der Waals surface area contributed by atoms with Gasteiger partial charge in [0.05, 0.1) is 0 Å². The van der Waals surface area contributed by atoms with Gasteiger partial charge in [-0.15, -0.1) is 0 Å². The van der Waals surface area contributed by atoms with Crippen LogP contribution in [-0.2, 0) is 15.2 Å². The van der Waals surface area contributed by atoms with E-state index in [0.29, 0.717) is 0 Å². The summed E-state index contributed by atoms with van der Waals surface area (Å²) in [5, 5.41) is 7.42. The van der Waals surface area contributed by atoms with Gasteiger partial charge < -0.3 is 11.3 Å². The second-order valence-electron chi connectivity index (χ2n) is 0.967. The van der Waals surface area contributed by atoms with Gasteiger partial charge in [0, 0.05) is 6.92 Å². The molecule has 0 aliphatic heterocycles. The van der Waals surface area contributed by atoms with E-state index in [9.17, 15) is 0 Å². The molecule has 0 aromatic carbocycles. The van der Waals surface area contributed by atoms with E-state index in [4.69, 9.17) is 27.4 Å². The van der Waals surface area contributed by atoms with Crippen LogP contribution in [-0.4, -0.2) is 55.9 Å². The summed E-state index contributed by atoms with van der Waals surface area (Å²) in [4.78, 5) is 9.00. The topological polar surface area (TPSA) is 147 Å². The van der Waals surface area contributed by atoms with Gasteiger partial charge >= 0.3 is 37.7 Å². The predicted octanol–water partition coefficient (Wildman–Crippen LogP) is -1.32. The standard InChI is InChI=1S/C2H4O2.H3N.H2O4S.Pb.2H/c1-2(3)4;;1-5(2,3)4;;;/h1H3,(H,3,4);1H3;(H2,1,2,3,4);;;. The molecule has 0 heterocycles. The van der Waals surface area contributed by atoms with Gasteiger partial charge in [-0.25, -0.2) is 0 Å². The van der Waals surface area contributed by atoms with Crippen LogP contribution in [0.4, 0.5) is 0 Å². The molecule has 0 atom stereocenters. The van der Waals surface area contributed by atoms with Crippen molar-refractivity contribution in [2.75, 3.05) is 0 Å². The van der Waals surface area contributed by atoms with Crippen LogP contribution in [0.2, 0.25) is 0 Å². The number of aliphatic carboxylic acids is 1. The molecule has 0 aromatic rings. The Balaban J connectivity index is -0.0000000383. The molecule has 0 bridgehead atoms. The molecule has 0 aliphatic carbocycles. The van der Waals surface area contributed by atoms with E-state index in [-0.39, 0.29) is 33.4 Å². The number of hydrogen-bond acceptors (Lipinski definition) is 4. The van der Waals surface area contributed by atoms with Gasteiger partial charge in [0.15, 0.2) is 0 Å². The SMILES string of the molecule is CC(=O)O.N.O=S(=O)(O)O.[PbH2]. The van der Waals surface area contributed by atoms with Crippen LogP contribution in [0.5, 0.6) is 0 Å². The summed E-state index contributed by atoms with van der Waals surface area (Å²) in [6.07, 6.45) is 0. The average molecular weight is 384 g/mol. The molecule has 11 heavy (non-hydrogen) atoms. The molecule has 6 N–H and O–H groups in total. The van der Waals surface area contributed by atoms with Crippen LogP contribution in [0, 0.1) is 0 Å². The Morgan fingerprint density at radius 1 is 1.27 bits per heavy atom. The second-order valence-corrected chi connectivity index (χ2v) is 1.86. The Labute approximate surface area is 84.1 Å². The minimum absolute atomic E-state index is 0. The zero-order valence-corrected chi connectivity index (χ0v) is 12.2. The zero-order valence-electron chi connectivity index (χ0n) is 5.89. The number of hydrogen-bond donors (Lipinski definition) is 4. The van der Waals surface area contributed by atoms with Crippen LogP contribution in [0.25, 0.3) is 0 Å². The van der Waals surface area contributed by atoms with E-state index in [1.807, 2.05) is 0 Å². The summed E-state index contributed by atoms with van der Waals surface area (Å²) in [6, 6.07) is 0. The molecular weight excluding hydrogens is 373 g/mol. The van der Waals surface area contributed by atoms with Gasteiger partial charge in [0.2, 0.25) is 0 Å². The van der Waals surface area contributed by atoms with Crippen LogP contribution >= 0.6 is 0 Å². The van der Waals surface area contributed by atoms with Crippen molar-refractivity contribution in [1.29, 1.82) is 0 Å². The minimum atomic E-state index is -4.67. The molecule has 0 amide bonds. The van der Waals surface area contributed by atoms with Crippen molar-refractivity contribution in [3.05, 3.63) is 0 Å². The van der Waals surface area contributed by atoms with Crippen molar-refractivity contribution >= 4 is 43.7 Å². The zero-order chi connectivity index (χ0) is 8.08. The molecule has 7 nitrogen and oxygen atoms in total. The molecule has 70 valence electrons. The number of carboxylic acids is 1. The summed E-state index contributed by atoms with van der Waals surface area (Å²) in [6.45, 7) is 1.08. The Morgan fingerprint density at radius 2 is 1.27 bits per heavy atom. The molecule has 0 saturated carbocycles. The van der Waals surface area contributed by atoms with Gasteiger partial charge in [-0.2, -0.15) is 8.42 Å². The van der Waals surface area contributed by atoms with Gasteiger partial charge in [0.25, 0.3) is 5.97 Å². The fourth-order valence-corrected chi connectivity index (χ4v) is 0. The number of rotatable bonds is 0. The van der Waals surface area contributed by atoms with E-state index >= 15 is 0 Å². The van der Waals surface area contributed by atoms with E-state index in [1.54, 1.807) is 0 Å². The van der Waals surface area contributed by atoms with Crippen molar-refractivity contribution < 1.29 is 27.4 Å². The maximum atomic E-state index is 9.00. The van der Waals surface area contributed by atoms with Crippen molar-refractivity contribution in [3.8, 4) is 0 Å². The fourth-order valence-electron chi connectivity index (χ4n) is 0. The molecule has 0 aromatic heterocycles. The Bertz CT molecular complexity index is 163.